The first-order chi connectivity index (χ1) is 11.0. The number of nitrogens with zero attached hydrogens (tertiary/aromatic N) is 1. The Bertz CT molecular complexity index is 885. The van der Waals surface area contributed by atoms with Gasteiger partial charge in [-0.2, -0.15) is 0 Å². The fourth-order valence-corrected chi connectivity index (χ4v) is 2.68. The minimum Gasteiger partial charge on any atom is -0.480 e. The first kappa shape index (κ1) is 15.2. The summed E-state index contributed by atoms with van der Waals surface area (Å²) in [5.74, 6) is 0.296. The van der Waals surface area contributed by atoms with Gasteiger partial charge < -0.3 is 20.1 Å². The topological polar surface area (TPSA) is 77.5 Å². The molecule has 0 saturated carbocycles. The maximum Gasteiger partial charge on any atom is 0.323 e. The number of aromatic nitrogens is 1. The summed E-state index contributed by atoms with van der Waals surface area (Å²) in [7, 11) is 0. The van der Waals surface area contributed by atoms with Crippen LogP contribution in [0.5, 0.6) is 11.5 Å². The molecule has 3 rings (SSSR count). The molecule has 0 fully saturated rings. The second kappa shape index (κ2) is 5.85. The van der Waals surface area contributed by atoms with Gasteiger partial charge in [0.1, 0.15) is 12.3 Å². The molecule has 3 N–H and O–H groups in total. The number of aliphatic carboxylic acids is 1. The first-order valence-electron chi connectivity index (χ1n) is 6.99. The van der Waals surface area contributed by atoms with E-state index in [9.17, 15) is 4.79 Å². The number of nitrogen functional groups attached to an aromatic ring is 1. The average molecular weight is 331 g/mol. The first-order valence-corrected chi connectivity index (χ1v) is 7.37. The van der Waals surface area contributed by atoms with Gasteiger partial charge in [-0.1, -0.05) is 11.6 Å². The summed E-state index contributed by atoms with van der Waals surface area (Å²) in [4.78, 5) is 11.1. The molecule has 118 valence electrons. The minimum atomic E-state index is -0.917. The highest BCUT2D eigenvalue weighted by Gasteiger charge is 2.18. The Hall–Kier alpha value is -2.66. The number of nitrogens with two attached hydrogens (primary N) is 1. The number of fused-ring (bicyclic) bond motifs is 1. The lowest BCUT2D eigenvalue weighted by Crippen LogP contribution is -2.09. The molecule has 0 aliphatic heterocycles. The largest absolute Gasteiger partial charge is 0.480 e. The number of hydrogen-bond donors (Lipinski definition) is 2. The molecule has 0 aliphatic rings. The highest BCUT2D eigenvalue weighted by molar-refractivity contribution is 6.30. The third-order valence-electron chi connectivity index (χ3n) is 3.62. The molecule has 3 aromatic rings. The SMILES string of the molecule is Cc1c(Oc2ccc(Cl)cc2)c2cc(N)ccc2n1CC(=O)O. The van der Waals surface area contributed by atoms with Crippen molar-refractivity contribution in [2.24, 2.45) is 0 Å². The molecule has 23 heavy (non-hydrogen) atoms. The van der Waals surface area contributed by atoms with Crippen molar-refractivity contribution < 1.29 is 14.6 Å². The summed E-state index contributed by atoms with van der Waals surface area (Å²) < 4.78 is 7.66. The summed E-state index contributed by atoms with van der Waals surface area (Å²) in [6.07, 6.45) is 0. The quantitative estimate of drug-likeness (QED) is 0.707. The number of carboxylic acids is 1. The van der Waals surface area contributed by atoms with Crippen LogP contribution in [0.25, 0.3) is 10.9 Å². The maximum absolute atomic E-state index is 11.1. The Morgan fingerprint density at radius 2 is 1.96 bits per heavy atom. The zero-order chi connectivity index (χ0) is 16.6. The molecule has 0 radical (unpaired) electrons. The Morgan fingerprint density at radius 3 is 2.61 bits per heavy atom. The van der Waals surface area contributed by atoms with E-state index in [0.29, 0.717) is 22.2 Å². The molecule has 1 heterocycles. The second-order valence-electron chi connectivity index (χ2n) is 5.23. The van der Waals surface area contributed by atoms with Crippen LogP contribution < -0.4 is 10.5 Å². The lowest BCUT2D eigenvalue weighted by Gasteiger charge is -2.07. The lowest BCUT2D eigenvalue weighted by molar-refractivity contribution is -0.137. The predicted octanol–water partition coefficient (Wildman–Crippen LogP) is 4.06. The van der Waals surface area contributed by atoms with Crippen molar-refractivity contribution in [3.8, 4) is 11.5 Å². The van der Waals surface area contributed by atoms with Crippen LogP contribution in [0.1, 0.15) is 5.69 Å². The Labute approximate surface area is 137 Å². The van der Waals surface area contributed by atoms with E-state index in [0.717, 1.165) is 16.6 Å². The van der Waals surface area contributed by atoms with Crippen LogP contribution >= 0.6 is 11.6 Å². The van der Waals surface area contributed by atoms with Crippen molar-refractivity contribution in [3.63, 3.8) is 0 Å². The smallest absolute Gasteiger partial charge is 0.323 e. The van der Waals surface area contributed by atoms with Crippen molar-refractivity contribution in [1.29, 1.82) is 0 Å². The zero-order valence-corrected chi connectivity index (χ0v) is 13.2. The van der Waals surface area contributed by atoms with Gasteiger partial charge in [0.05, 0.1) is 11.2 Å². The van der Waals surface area contributed by atoms with Crippen LogP contribution in [0.15, 0.2) is 42.5 Å². The summed E-state index contributed by atoms with van der Waals surface area (Å²) in [6, 6.07) is 12.3. The molecule has 0 saturated heterocycles. The monoisotopic (exact) mass is 330 g/mol. The van der Waals surface area contributed by atoms with Crippen LogP contribution in [0.3, 0.4) is 0 Å². The predicted molar refractivity (Wildman–Crippen MR) is 90.2 cm³/mol. The van der Waals surface area contributed by atoms with Gasteiger partial charge in [0.25, 0.3) is 0 Å². The normalized spacial score (nSPS) is 10.9. The van der Waals surface area contributed by atoms with Crippen molar-refractivity contribution >= 4 is 34.2 Å². The number of carbonyl (C=O) groups is 1. The number of rotatable bonds is 4. The molecule has 2 aromatic carbocycles. The third kappa shape index (κ3) is 2.96. The fourth-order valence-electron chi connectivity index (χ4n) is 2.56. The van der Waals surface area contributed by atoms with E-state index in [2.05, 4.69) is 0 Å². The molecule has 0 unspecified atom stereocenters. The highest BCUT2D eigenvalue weighted by Crippen LogP contribution is 2.37. The van der Waals surface area contributed by atoms with Gasteiger partial charge in [-0.15, -0.1) is 0 Å². The number of anilines is 1. The van der Waals surface area contributed by atoms with E-state index in [-0.39, 0.29) is 6.54 Å². The number of carboxylic acid groups (broad SMARTS) is 1. The Morgan fingerprint density at radius 1 is 1.26 bits per heavy atom. The standard InChI is InChI=1S/C17H15ClN2O3/c1-10-17(23-13-5-2-11(18)3-6-13)14-8-12(19)4-7-15(14)20(10)9-16(21)22/h2-8H,9,19H2,1H3,(H,21,22). The Kier molecular flexibility index (Phi) is 3.88. The average Bonchev–Trinajstić information content (AvgIpc) is 2.74. The van der Waals surface area contributed by atoms with Gasteiger partial charge >= 0.3 is 5.97 Å². The minimum absolute atomic E-state index is 0.143. The molecule has 6 heteroatoms. The van der Waals surface area contributed by atoms with Crippen LogP contribution in [0.4, 0.5) is 5.69 Å². The van der Waals surface area contributed by atoms with Gasteiger partial charge in [0.15, 0.2) is 5.75 Å². The van der Waals surface area contributed by atoms with E-state index in [1.807, 2.05) is 6.92 Å². The van der Waals surface area contributed by atoms with Gasteiger partial charge in [-0.3, -0.25) is 4.79 Å². The van der Waals surface area contributed by atoms with E-state index in [1.165, 1.54) is 0 Å². The van der Waals surface area contributed by atoms with Gasteiger partial charge in [-0.25, -0.2) is 0 Å². The molecule has 0 aliphatic carbocycles. The van der Waals surface area contributed by atoms with Gasteiger partial charge in [0.2, 0.25) is 0 Å². The summed E-state index contributed by atoms with van der Waals surface area (Å²) in [6.45, 7) is 1.68. The Balaban J connectivity index is 2.14. The van der Waals surface area contributed by atoms with Gasteiger partial charge in [0, 0.05) is 16.1 Å². The van der Waals surface area contributed by atoms with Crippen molar-refractivity contribution in [2.45, 2.75) is 13.5 Å². The fraction of sp³-hybridized carbons (Fsp3) is 0.118. The molecule has 0 bridgehead atoms. The van der Waals surface area contributed by atoms with Crippen LogP contribution in [0.2, 0.25) is 5.02 Å². The second-order valence-corrected chi connectivity index (χ2v) is 5.66. The highest BCUT2D eigenvalue weighted by atomic mass is 35.5. The molecule has 0 atom stereocenters. The van der Waals surface area contributed by atoms with Crippen LogP contribution in [-0.2, 0) is 11.3 Å². The van der Waals surface area contributed by atoms with Crippen LogP contribution in [-0.4, -0.2) is 15.6 Å². The summed E-state index contributed by atoms with van der Waals surface area (Å²) in [5.41, 5.74) is 7.95. The molecular formula is C17H15ClN2O3. The molecule has 0 amide bonds. The molecule has 5 nitrogen and oxygen atoms in total. The third-order valence-corrected chi connectivity index (χ3v) is 3.87. The number of halogens is 1. The van der Waals surface area contributed by atoms with Crippen molar-refractivity contribution in [2.75, 3.05) is 5.73 Å². The van der Waals surface area contributed by atoms with E-state index < -0.39 is 5.97 Å². The lowest BCUT2D eigenvalue weighted by atomic mass is 10.2. The zero-order valence-electron chi connectivity index (χ0n) is 12.4. The van der Waals surface area contributed by atoms with E-state index in [1.54, 1.807) is 47.0 Å². The van der Waals surface area contributed by atoms with Gasteiger partial charge in [-0.05, 0) is 49.4 Å². The molecular weight excluding hydrogens is 316 g/mol. The number of hydrogen-bond acceptors (Lipinski definition) is 3. The molecule has 1 aromatic heterocycles. The number of ether oxygens (including phenoxy) is 1. The van der Waals surface area contributed by atoms with Crippen molar-refractivity contribution in [1.82, 2.24) is 4.57 Å². The number of benzene rings is 2. The summed E-state index contributed by atoms with van der Waals surface area (Å²) in [5, 5.41) is 10.5. The summed E-state index contributed by atoms with van der Waals surface area (Å²) >= 11 is 5.88. The maximum atomic E-state index is 11.1. The molecule has 0 spiro atoms. The van der Waals surface area contributed by atoms with Crippen LogP contribution in [0, 0.1) is 6.92 Å². The van der Waals surface area contributed by atoms with E-state index in [4.69, 9.17) is 27.2 Å². The van der Waals surface area contributed by atoms with E-state index >= 15 is 0 Å². The van der Waals surface area contributed by atoms with Crippen molar-refractivity contribution in [3.05, 3.63) is 53.2 Å².